The van der Waals surface area contributed by atoms with Crippen LogP contribution in [0.4, 0.5) is 5.13 Å². The normalized spacial score (nSPS) is 18.4. The maximum atomic E-state index is 5.88. The van der Waals surface area contributed by atoms with Crippen molar-refractivity contribution in [2.24, 2.45) is 0 Å². The Labute approximate surface area is 126 Å². The lowest BCUT2D eigenvalue weighted by Gasteiger charge is -2.22. The second-order valence-corrected chi connectivity index (χ2v) is 7.13. The molecule has 0 bridgehead atoms. The van der Waals surface area contributed by atoms with E-state index in [0.29, 0.717) is 11.0 Å². The molecule has 0 aliphatic heterocycles. The number of halogens is 1. The van der Waals surface area contributed by atoms with Crippen molar-refractivity contribution in [2.75, 3.05) is 5.73 Å². The van der Waals surface area contributed by atoms with Crippen molar-refractivity contribution in [3.63, 3.8) is 0 Å². The molecule has 1 aromatic heterocycles. The van der Waals surface area contributed by atoms with E-state index in [9.17, 15) is 0 Å². The van der Waals surface area contributed by atoms with Crippen molar-refractivity contribution in [2.45, 2.75) is 39.0 Å². The van der Waals surface area contributed by atoms with E-state index in [2.05, 4.69) is 46.9 Å². The third-order valence-electron chi connectivity index (χ3n) is 3.83. The Morgan fingerprint density at radius 3 is 2.68 bits per heavy atom. The van der Waals surface area contributed by atoms with Crippen LogP contribution in [0.2, 0.25) is 0 Å². The summed E-state index contributed by atoms with van der Waals surface area (Å²) in [5, 5.41) is 0.711. The molecule has 2 nitrogen and oxygen atoms in total. The molecule has 2 aromatic rings. The molecule has 1 aliphatic carbocycles. The van der Waals surface area contributed by atoms with Crippen LogP contribution in [0.5, 0.6) is 0 Å². The number of anilines is 1. The summed E-state index contributed by atoms with van der Waals surface area (Å²) in [6, 6.07) is 4.60. The molecule has 100 valence electrons. The van der Waals surface area contributed by atoms with E-state index in [-0.39, 0.29) is 0 Å². The molecule has 1 heterocycles. The van der Waals surface area contributed by atoms with Gasteiger partial charge in [0, 0.05) is 15.3 Å². The summed E-state index contributed by atoms with van der Waals surface area (Å²) >= 11 is 5.31. The number of hydrogen-bond donors (Lipinski definition) is 1. The molecule has 1 aliphatic rings. The lowest BCUT2D eigenvalue weighted by atomic mass is 9.85. The van der Waals surface area contributed by atoms with Crippen LogP contribution >= 0.6 is 27.3 Å². The van der Waals surface area contributed by atoms with Gasteiger partial charge in [-0.2, -0.15) is 0 Å². The Morgan fingerprint density at radius 2 is 2.00 bits per heavy atom. The fourth-order valence-corrected chi connectivity index (χ4v) is 4.21. The zero-order valence-electron chi connectivity index (χ0n) is 11.2. The van der Waals surface area contributed by atoms with Crippen LogP contribution in [0, 0.1) is 13.8 Å². The van der Waals surface area contributed by atoms with Gasteiger partial charge in [0.15, 0.2) is 5.13 Å². The molecule has 19 heavy (non-hydrogen) atoms. The first-order valence-electron chi connectivity index (χ1n) is 6.58. The van der Waals surface area contributed by atoms with Crippen LogP contribution in [-0.2, 0) is 6.42 Å². The summed E-state index contributed by atoms with van der Waals surface area (Å²) in [5.41, 5.74) is 11.1. The van der Waals surface area contributed by atoms with Crippen LogP contribution in [0.1, 0.15) is 46.0 Å². The molecule has 4 heteroatoms. The number of thiazole rings is 1. The Kier molecular flexibility index (Phi) is 3.39. The highest BCUT2D eigenvalue weighted by molar-refractivity contribution is 9.10. The van der Waals surface area contributed by atoms with Gasteiger partial charge in [-0.05, 0) is 49.8 Å². The zero-order chi connectivity index (χ0) is 13.6. The van der Waals surface area contributed by atoms with Crippen molar-refractivity contribution in [1.82, 2.24) is 4.98 Å². The Bertz CT molecular complexity index is 610. The van der Waals surface area contributed by atoms with Gasteiger partial charge in [-0.1, -0.05) is 28.1 Å². The van der Waals surface area contributed by atoms with Crippen LogP contribution in [0.25, 0.3) is 0 Å². The maximum Gasteiger partial charge on any atom is 0.180 e. The highest BCUT2D eigenvalue weighted by Gasteiger charge is 2.26. The monoisotopic (exact) mass is 336 g/mol. The Morgan fingerprint density at radius 1 is 1.32 bits per heavy atom. The SMILES string of the molecule is Cc1cc(C2CCCc3nc(N)sc32)cc(C)c1Br. The Hall–Kier alpha value is -0.870. The minimum absolute atomic E-state index is 0.476. The average Bonchev–Trinajstić information content (AvgIpc) is 2.75. The topological polar surface area (TPSA) is 38.9 Å². The van der Waals surface area contributed by atoms with Gasteiger partial charge in [0.2, 0.25) is 0 Å². The highest BCUT2D eigenvalue weighted by atomic mass is 79.9. The average molecular weight is 337 g/mol. The van der Waals surface area contributed by atoms with Crippen LogP contribution < -0.4 is 5.73 Å². The number of nitrogens with zero attached hydrogens (tertiary/aromatic N) is 1. The summed E-state index contributed by atoms with van der Waals surface area (Å²) < 4.78 is 1.22. The van der Waals surface area contributed by atoms with E-state index in [1.807, 2.05) is 0 Å². The number of fused-ring (bicyclic) bond motifs is 1. The molecule has 0 fully saturated rings. The molecular weight excluding hydrogens is 320 g/mol. The van der Waals surface area contributed by atoms with Crippen molar-refractivity contribution in [3.05, 3.63) is 43.9 Å². The van der Waals surface area contributed by atoms with E-state index in [1.54, 1.807) is 11.3 Å². The number of nitrogens with two attached hydrogens (primary N) is 1. The van der Waals surface area contributed by atoms with E-state index < -0.39 is 0 Å². The highest BCUT2D eigenvalue weighted by Crippen LogP contribution is 2.41. The zero-order valence-corrected chi connectivity index (χ0v) is 13.6. The van der Waals surface area contributed by atoms with E-state index in [4.69, 9.17) is 5.73 Å². The molecule has 0 spiro atoms. The molecule has 0 saturated carbocycles. The molecule has 1 aromatic carbocycles. The first-order valence-corrected chi connectivity index (χ1v) is 8.19. The quantitative estimate of drug-likeness (QED) is 0.828. The number of aryl methyl sites for hydroxylation is 3. The third-order valence-corrected chi connectivity index (χ3v) is 6.12. The smallest absolute Gasteiger partial charge is 0.180 e. The second-order valence-electron chi connectivity index (χ2n) is 5.28. The summed E-state index contributed by atoms with van der Waals surface area (Å²) in [5.74, 6) is 0.476. The minimum atomic E-state index is 0.476. The number of aromatic nitrogens is 1. The van der Waals surface area contributed by atoms with E-state index in [1.165, 1.54) is 44.6 Å². The van der Waals surface area contributed by atoms with Gasteiger partial charge in [0.05, 0.1) is 5.69 Å². The van der Waals surface area contributed by atoms with Crippen LogP contribution in [-0.4, -0.2) is 4.98 Å². The van der Waals surface area contributed by atoms with Gasteiger partial charge >= 0.3 is 0 Å². The van der Waals surface area contributed by atoms with E-state index in [0.717, 1.165) is 6.42 Å². The van der Waals surface area contributed by atoms with Gasteiger partial charge in [0.1, 0.15) is 0 Å². The van der Waals surface area contributed by atoms with Gasteiger partial charge in [-0.3, -0.25) is 0 Å². The molecule has 0 amide bonds. The first-order chi connectivity index (χ1) is 9.06. The fourth-order valence-electron chi connectivity index (χ4n) is 2.94. The number of rotatable bonds is 1. The molecule has 0 radical (unpaired) electrons. The third kappa shape index (κ3) is 2.32. The summed E-state index contributed by atoms with van der Waals surface area (Å²) in [6.07, 6.45) is 3.48. The standard InChI is InChI=1S/C15H17BrN2S/c1-8-6-10(7-9(2)13(8)16)11-4-3-5-12-14(11)19-15(17)18-12/h6-7,11H,3-5H2,1-2H3,(H2,17,18). The molecule has 1 unspecified atom stereocenters. The number of benzene rings is 1. The minimum Gasteiger partial charge on any atom is -0.375 e. The van der Waals surface area contributed by atoms with E-state index >= 15 is 0 Å². The summed E-state index contributed by atoms with van der Waals surface area (Å²) in [4.78, 5) is 5.86. The van der Waals surface area contributed by atoms with Crippen molar-refractivity contribution in [3.8, 4) is 0 Å². The fraction of sp³-hybridized carbons (Fsp3) is 0.400. The van der Waals surface area contributed by atoms with Gasteiger partial charge in [0.25, 0.3) is 0 Å². The molecule has 2 N–H and O–H groups in total. The molecule has 1 atom stereocenters. The molecule has 0 saturated heterocycles. The maximum absolute atomic E-state index is 5.88. The van der Waals surface area contributed by atoms with Gasteiger partial charge in [-0.25, -0.2) is 4.98 Å². The predicted molar refractivity (Wildman–Crippen MR) is 84.9 cm³/mol. The van der Waals surface area contributed by atoms with Gasteiger partial charge < -0.3 is 5.73 Å². The lowest BCUT2D eigenvalue weighted by molar-refractivity contribution is 0.616. The largest absolute Gasteiger partial charge is 0.375 e. The molecule has 3 rings (SSSR count). The first kappa shape index (κ1) is 13.1. The van der Waals surface area contributed by atoms with Crippen LogP contribution in [0.15, 0.2) is 16.6 Å². The van der Waals surface area contributed by atoms with Crippen molar-refractivity contribution >= 4 is 32.4 Å². The molecular formula is C15H17BrN2S. The van der Waals surface area contributed by atoms with Gasteiger partial charge in [-0.15, -0.1) is 11.3 Å². The summed E-state index contributed by atoms with van der Waals surface area (Å²) in [7, 11) is 0. The number of nitrogen functional groups attached to an aromatic ring is 1. The summed E-state index contributed by atoms with van der Waals surface area (Å²) in [6.45, 7) is 4.32. The predicted octanol–water partition coefficient (Wildman–Crippen LogP) is 4.57. The Balaban J connectivity index is 2.08. The van der Waals surface area contributed by atoms with Crippen LogP contribution in [0.3, 0.4) is 0 Å². The van der Waals surface area contributed by atoms with Crippen molar-refractivity contribution < 1.29 is 0 Å². The lowest BCUT2D eigenvalue weighted by Crippen LogP contribution is -2.09. The number of hydrogen-bond acceptors (Lipinski definition) is 3. The second kappa shape index (κ2) is 4.91. The van der Waals surface area contributed by atoms with Crippen molar-refractivity contribution in [1.29, 1.82) is 0 Å².